The normalized spacial score (nSPS) is 23.4. The number of aromatic nitrogens is 2. The van der Waals surface area contributed by atoms with Gasteiger partial charge in [-0.05, 0) is 5.56 Å². The average molecular weight is 308 g/mol. The topological polar surface area (TPSA) is 50.6 Å². The summed E-state index contributed by atoms with van der Waals surface area (Å²) in [4.78, 5) is 16.8. The molecule has 2 aliphatic rings. The monoisotopic (exact) mass is 308 g/mol. The minimum Gasteiger partial charge on any atom is -0.390 e. The highest BCUT2D eigenvalue weighted by Crippen LogP contribution is 2.30. The van der Waals surface area contributed by atoms with Crippen LogP contribution in [-0.4, -0.2) is 39.8 Å². The lowest BCUT2D eigenvalue weighted by molar-refractivity contribution is 0.0745. The Labute approximate surface area is 136 Å². The fraction of sp³-hybridized carbons (Fsp3) is 0.389. The van der Waals surface area contributed by atoms with Crippen molar-refractivity contribution in [3.8, 4) is 0 Å². The molecule has 0 aliphatic carbocycles. The molecule has 23 heavy (non-hydrogen) atoms. The molecular formula is C18H20N4O. The summed E-state index contributed by atoms with van der Waals surface area (Å²) in [5, 5.41) is 4.32. The number of rotatable bonds is 4. The van der Waals surface area contributed by atoms with Crippen molar-refractivity contribution in [2.75, 3.05) is 13.1 Å². The maximum absolute atomic E-state index is 5.66. The fourth-order valence-electron chi connectivity index (χ4n) is 3.32. The van der Waals surface area contributed by atoms with Crippen LogP contribution in [0.1, 0.15) is 23.9 Å². The summed E-state index contributed by atoms with van der Waals surface area (Å²) in [7, 11) is 0. The lowest BCUT2D eigenvalue weighted by Crippen LogP contribution is -2.23. The molecule has 0 spiro atoms. The third-order valence-electron chi connectivity index (χ3n) is 4.53. The standard InChI is InChI=1S/C18H20N4O/c1-2-17-19-8-13(9-20-17)10-22-11-15-16(12-22)23-21-18(15)14-6-4-3-5-7-14/h3-9,15-16H,2,10-12H2,1H3. The molecule has 0 bridgehead atoms. The van der Waals surface area contributed by atoms with Crippen molar-refractivity contribution in [1.82, 2.24) is 14.9 Å². The number of oxime groups is 1. The second-order valence-electron chi connectivity index (χ2n) is 6.15. The number of hydrogen-bond donors (Lipinski definition) is 0. The third kappa shape index (κ3) is 2.84. The Morgan fingerprint density at radius 1 is 1.13 bits per heavy atom. The molecule has 1 saturated heterocycles. The maximum atomic E-state index is 5.66. The van der Waals surface area contributed by atoms with Crippen LogP contribution in [0.2, 0.25) is 0 Å². The van der Waals surface area contributed by atoms with Gasteiger partial charge in [0.1, 0.15) is 11.9 Å². The molecule has 0 amide bonds. The molecule has 1 fully saturated rings. The summed E-state index contributed by atoms with van der Waals surface area (Å²) in [5.41, 5.74) is 3.40. The minimum atomic E-state index is 0.168. The van der Waals surface area contributed by atoms with Crippen LogP contribution < -0.4 is 0 Å². The predicted molar refractivity (Wildman–Crippen MR) is 88.0 cm³/mol. The van der Waals surface area contributed by atoms with Gasteiger partial charge in [-0.25, -0.2) is 9.97 Å². The van der Waals surface area contributed by atoms with Crippen LogP contribution in [0, 0.1) is 5.92 Å². The first-order valence-electron chi connectivity index (χ1n) is 8.14. The molecule has 2 atom stereocenters. The number of likely N-dealkylation sites (tertiary alicyclic amines) is 1. The molecule has 2 aromatic rings. The van der Waals surface area contributed by atoms with Crippen molar-refractivity contribution >= 4 is 5.71 Å². The summed E-state index contributed by atoms with van der Waals surface area (Å²) >= 11 is 0. The zero-order valence-electron chi connectivity index (χ0n) is 13.2. The van der Waals surface area contributed by atoms with Gasteiger partial charge in [-0.2, -0.15) is 0 Å². The van der Waals surface area contributed by atoms with Gasteiger partial charge in [0.2, 0.25) is 0 Å². The van der Waals surface area contributed by atoms with Gasteiger partial charge in [-0.15, -0.1) is 0 Å². The van der Waals surface area contributed by atoms with Gasteiger partial charge in [0.15, 0.2) is 0 Å². The highest BCUT2D eigenvalue weighted by molar-refractivity contribution is 6.03. The van der Waals surface area contributed by atoms with Crippen LogP contribution in [0.25, 0.3) is 0 Å². The van der Waals surface area contributed by atoms with Crippen molar-refractivity contribution < 1.29 is 4.84 Å². The second-order valence-corrected chi connectivity index (χ2v) is 6.15. The highest BCUT2D eigenvalue weighted by Gasteiger charge is 2.42. The van der Waals surface area contributed by atoms with E-state index in [1.165, 1.54) is 0 Å². The minimum absolute atomic E-state index is 0.168. The summed E-state index contributed by atoms with van der Waals surface area (Å²) in [6.07, 6.45) is 4.92. The van der Waals surface area contributed by atoms with Crippen molar-refractivity contribution in [2.45, 2.75) is 26.0 Å². The summed E-state index contributed by atoms with van der Waals surface area (Å²) in [5.74, 6) is 1.25. The van der Waals surface area contributed by atoms with Gasteiger partial charge >= 0.3 is 0 Å². The van der Waals surface area contributed by atoms with Crippen LogP contribution >= 0.6 is 0 Å². The van der Waals surface area contributed by atoms with E-state index >= 15 is 0 Å². The molecule has 3 heterocycles. The van der Waals surface area contributed by atoms with E-state index in [1.807, 2.05) is 30.6 Å². The third-order valence-corrected chi connectivity index (χ3v) is 4.53. The predicted octanol–water partition coefficient (Wildman–Crippen LogP) is 2.27. The Hall–Kier alpha value is -2.27. The molecule has 2 unspecified atom stereocenters. The smallest absolute Gasteiger partial charge is 0.149 e. The van der Waals surface area contributed by atoms with E-state index in [0.29, 0.717) is 5.92 Å². The van der Waals surface area contributed by atoms with Crippen LogP contribution in [0.3, 0.4) is 0 Å². The summed E-state index contributed by atoms with van der Waals surface area (Å²) in [6, 6.07) is 10.3. The number of fused-ring (bicyclic) bond motifs is 1. The number of benzene rings is 1. The quantitative estimate of drug-likeness (QED) is 0.869. The molecular weight excluding hydrogens is 288 g/mol. The van der Waals surface area contributed by atoms with Crippen molar-refractivity contribution in [2.24, 2.45) is 11.1 Å². The molecule has 5 nitrogen and oxygen atoms in total. The van der Waals surface area contributed by atoms with Crippen LogP contribution in [-0.2, 0) is 17.8 Å². The van der Waals surface area contributed by atoms with E-state index in [1.54, 1.807) is 0 Å². The average Bonchev–Trinajstić information content (AvgIpc) is 3.16. The summed E-state index contributed by atoms with van der Waals surface area (Å²) < 4.78 is 0. The molecule has 4 rings (SSSR count). The first-order chi connectivity index (χ1) is 11.3. The molecule has 0 saturated carbocycles. The Balaban J connectivity index is 1.44. The largest absolute Gasteiger partial charge is 0.390 e. The molecule has 5 heteroatoms. The first kappa shape index (κ1) is 14.3. The number of aryl methyl sites for hydroxylation is 1. The van der Waals surface area contributed by atoms with Crippen molar-refractivity contribution in [3.05, 3.63) is 59.7 Å². The van der Waals surface area contributed by atoms with Gasteiger partial charge in [-0.3, -0.25) is 4.90 Å². The van der Waals surface area contributed by atoms with E-state index in [0.717, 1.165) is 48.7 Å². The fourth-order valence-corrected chi connectivity index (χ4v) is 3.32. The van der Waals surface area contributed by atoms with Gasteiger partial charge in [0, 0.05) is 44.0 Å². The molecule has 2 aliphatic heterocycles. The van der Waals surface area contributed by atoms with Crippen LogP contribution in [0.5, 0.6) is 0 Å². The Kier molecular flexibility index (Phi) is 3.79. The van der Waals surface area contributed by atoms with Gasteiger partial charge in [0.25, 0.3) is 0 Å². The maximum Gasteiger partial charge on any atom is 0.149 e. The van der Waals surface area contributed by atoms with Gasteiger partial charge in [-0.1, -0.05) is 42.4 Å². The molecule has 118 valence electrons. The lowest BCUT2D eigenvalue weighted by Gasteiger charge is -2.16. The molecule has 1 aromatic carbocycles. The molecule has 1 aromatic heterocycles. The zero-order valence-corrected chi connectivity index (χ0v) is 13.2. The van der Waals surface area contributed by atoms with E-state index in [-0.39, 0.29) is 6.10 Å². The number of hydrogen-bond acceptors (Lipinski definition) is 5. The SMILES string of the molecule is CCc1ncc(CN2CC3ON=C(c4ccccc4)C3C2)cn1. The lowest BCUT2D eigenvalue weighted by atomic mass is 9.95. The number of nitrogens with zero attached hydrogens (tertiary/aromatic N) is 4. The Morgan fingerprint density at radius 2 is 1.91 bits per heavy atom. The van der Waals surface area contributed by atoms with E-state index in [2.05, 4.69) is 39.1 Å². The first-order valence-corrected chi connectivity index (χ1v) is 8.14. The highest BCUT2D eigenvalue weighted by atomic mass is 16.6. The van der Waals surface area contributed by atoms with Crippen LogP contribution in [0.15, 0.2) is 47.9 Å². The van der Waals surface area contributed by atoms with Gasteiger partial charge < -0.3 is 4.84 Å². The van der Waals surface area contributed by atoms with E-state index in [4.69, 9.17) is 4.84 Å². The van der Waals surface area contributed by atoms with Crippen LogP contribution in [0.4, 0.5) is 0 Å². The summed E-state index contributed by atoms with van der Waals surface area (Å²) in [6.45, 7) is 4.80. The second kappa shape index (κ2) is 6.08. The van der Waals surface area contributed by atoms with E-state index < -0.39 is 0 Å². The zero-order chi connectivity index (χ0) is 15.6. The Bertz CT molecular complexity index is 699. The Morgan fingerprint density at radius 3 is 2.65 bits per heavy atom. The van der Waals surface area contributed by atoms with Crippen molar-refractivity contribution in [3.63, 3.8) is 0 Å². The van der Waals surface area contributed by atoms with Crippen molar-refractivity contribution in [1.29, 1.82) is 0 Å². The molecule has 0 radical (unpaired) electrons. The van der Waals surface area contributed by atoms with Gasteiger partial charge in [0.05, 0.1) is 11.6 Å². The molecule has 0 N–H and O–H groups in total. The van der Waals surface area contributed by atoms with E-state index in [9.17, 15) is 0 Å².